The van der Waals surface area contributed by atoms with Crippen LogP contribution in [0.1, 0.15) is 5.69 Å². The van der Waals surface area contributed by atoms with Gasteiger partial charge < -0.3 is 0 Å². The first kappa shape index (κ1) is 8.21. The Hall–Kier alpha value is -1.40. The molecule has 1 aromatic heterocycles. The maximum absolute atomic E-state index is 5.26. The van der Waals surface area contributed by atoms with Gasteiger partial charge >= 0.3 is 0 Å². The van der Waals surface area contributed by atoms with Crippen molar-refractivity contribution in [3.63, 3.8) is 0 Å². The molecule has 2 rings (SSSR count). The van der Waals surface area contributed by atoms with E-state index in [-0.39, 0.29) is 0 Å². The van der Waals surface area contributed by atoms with Gasteiger partial charge in [-0.05, 0) is 27.9 Å². The Labute approximate surface area is 84.1 Å². The lowest BCUT2D eigenvalue weighted by Crippen LogP contribution is -1.90. The normalized spacial score (nSPS) is 9.85. The predicted molar refractivity (Wildman–Crippen MR) is 55.2 cm³/mol. The summed E-state index contributed by atoms with van der Waals surface area (Å²) < 4.78 is 0.834. The lowest BCUT2D eigenvalue weighted by molar-refractivity contribution is 1.05. The third-order valence-corrected chi connectivity index (χ3v) is 2.55. The number of hydrogen-bond donors (Lipinski definition) is 0. The summed E-state index contributed by atoms with van der Waals surface area (Å²) >= 11 is 3.40. The topological polar surface area (TPSA) is 25.8 Å². The van der Waals surface area contributed by atoms with Crippen LogP contribution in [-0.2, 0) is 0 Å². The summed E-state index contributed by atoms with van der Waals surface area (Å²) in [7, 11) is 0. The van der Waals surface area contributed by atoms with Crippen LogP contribution in [0.2, 0.25) is 0 Å². The Bertz CT molecular complexity index is 500. The third kappa shape index (κ3) is 1.30. The second-order valence-electron chi connectivity index (χ2n) is 2.52. The highest BCUT2D eigenvalue weighted by Gasteiger charge is 2.04. The molecule has 0 saturated carbocycles. The highest BCUT2D eigenvalue weighted by Crippen LogP contribution is 2.23. The molecule has 0 radical (unpaired) electrons. The largest absolute Gasteiger partial charge is 0.150 e. The van der Waals surface area contributed by atoms with Crippen LogP contribution < -0.4 is 0 Å². The lowest BCUT2D eigenvalue weighted by atomic mass is 10.2. The van der Waals surface area contributed by atoms with E-state index >= 15 is 0 Å². The van der Waals surface area contributed by atoms with Crippen molar-refractivity contribution in [3.05, 3.63) is 34.4 Å². The first-order chi connectivity index (χ1) is 6.33. The van der Waals surface area contributed by atoms with Crippen molar-refractivity contribution in [1.82, 2.24) is 10.2 Å². The molecule has 2 nitrogen and oxygen atoms in total. The maximum atomic E-state index is 5.26. The smallest absolute Gasteiger partial charge is 0.149 e. The molecule has 0 aliphatic carbocycles. The summed E-state index contributed by atoms with van der Waals surface area (Å²) in [5.41, 5.74) is 1.38. The monoisotopic (exact) mass is 232 g/mol. The average Bonchev–Trinajstić information content (AvgIpc) is 2.19. The van der Waals surface area contributed by atoms with E-state index in [1.54, 1.807) is 0 Å². The lowest BCUT2D eigenvalue weighted by Gasteiger charge is -1.99. The SMILES string of the molecule is C#Cc1nnc2ccccc2c1Br. The Kier molecular flexibility index (Phi) is 1.99. The minimum absolute atomic E-state index is 0.540. The molecule has 0 N–H and O–H groups in total. The van der Waals surface area contributed by atoms with E-state index in [0.29, 0.717) is 5.69 Å². The summed E-state index contributed by atoms with van der Waals surface area (Å²) in [6.45, 7) is 0. The number of benzene rings is 1. The molecule has 0 amide bonds. The van der Waals surface area contributed by atoms with Crippen molar-refractivity contribution in [2.24, 2.45) is 0 Å². The van der Waals surface area contributed by atoms with Gasteiger partial charge in [0.15, 0.2) is 0 Å². The van der Waals surface area contributed by atoms with Crippen LogP contribution in [-0.4, -0.2) is 10.2 Å². The molecule has 0 aliphatic heterocycles. The molecule has 1 heterocycles. The molecule has 0 spiro atoms. The van der Waals surface area contributed by atoms with Crippen LogP contribution in [0.3, 0.4) is 0 Å². The fourth-order valence-electron chi connectivity index (χ4n) is 1.11. The minimum Gasteiger partial charge on any atom is -0.149 e. The molecule has 0 atom stereocenters. The zero-order valence-electron chi connectivity index (χ0n) is 6.66. The van der Waals surface area contributed by atoms with Gasteiger partial charge in [0.1, 0.15) is 5.69 Å². The fraction of sp³-hybridized carbons (Fsp3) is 0. The van der Waals surface area contributed by atoms with Crippen LogP contribution >= 0.6 is 15.9 Å². The molecule has 0 fully saturated rings. The molecule has 62 valence electrons. The van der Waals surface area contributed by atoms with E-state index in [1.165, 1.54) is 0 Å². The van der Waals surface area contributed by atoms with Crippen LogP contribution in [0.15, 0.2) is 28.7 Å². The summed E-state index contributed by atoms with van der Waals surface area (Å²) in [4.78, 5) is 0. The molecule has 2 aromatic rings. The zero-order chi connectivity index (χ0) is 9.26. The minimum atomic E-state index is 0.540. The van der Waals surface area contributed by atoms with Gasteiger partial charge in [-0.25, -0.2) is 0 Å². The number of hydrogen-bond acceptors (Lipinski definition) is 2. The fourth-order valence-corrected chi connectivity index (χ4v) is 1.64. The summed E-state index contributed by atoms with van der Waals surface area (Å²) in [5.74, 6) is 2.47. The molecule has 0 bridgehead atoms. The van der Waals surface area contributed by atoms with Crippen molar-refractivity contribution < 1.29 is 0 Å². The van der Waals surface area contributed by atoms with Gasteiger partial charge in [-0.15, -0.1) is 16.6 Å². The number of terminal acetylenes is 1. The third-order valence-electron chi connectivity index (χ3n) is 1.74. The number of rotatable bonds is 0. The van der Waals surface area contributed by atoms with E-state index < -0.39 is 0 Å². The Morgan fingerprint density at radius 3 is 2.77 bits per heavy atom. The Balaban J connectivity index is 2.89. The second-order valence-corrected chi connectivity index (χ2v) is 3.32. The van der Waals surface area contributed by atoms with Gasteiger partial charge in [0.2, 0.25) is 0 Å². The summed E-state index contributed by atoms with van der Waals surface area (Å²) in [5, 5.41) is 8.87. The highest BCUT2D eigenvalue weighted by molar-refractivity contribution is 9.10. The molecular formula is C10H5BrN2. The van der Waals surface area contributed by atoms with Gasteiger partial charge in [0, 0.05) is 5.39 Å². The number of halogens is 1. The van der Waals surface area contributed by atoms with Gasteiger partial charge in [-0.1, -0.05) is 18.2 Å². The van der Waals surface area contributed by atoms with E-state index in [0.717, 1.165) is 15.4 Å². The summed E-state index contributed by atoms with van der Waals surface area (Å²) in [6, 6.07) is 7.70. The van der Waals surface area contributed by atoms with Gasteiger partial charge in [0.25, 0.3) is 0 Å². The van der Waals surface area contributed by atoms with E-state index in [9.17, 15) is 0 Å². The standard InChI is InChI=1S/C10H5BrN2/c1-2-8-10(11)7-5-3-4-6-9(7)13-12-8/h1,3-6H. The van der Waals surface area contributed by atoms with Crippen LogP contribution in [0.5, 0.6) is 0 Å². The molecule has 0 aliphatic rings. The van der Waals surface area contributed by atoms with Crippen molar-refractivity contribution in [2.45, 2.75) is 0 Å². The van der Waals surface area contributed by atoms with Crippen molar-refractivity contribution >= 4 is 26.8 Å². The molecule has 0 saturated heterocycles. The predicted octanol–water partition coefficient (Wildman–Crippen LogP) is 2.37. The number of aromatic nitrogens is 2. The highest BCUT2D eigenvalue weighted by atomic mass is 79.9. The molecule has 13 heavy (non-hydrogen) atoms. The first-order valence-corrected chi connectivity index (χ1v) is 4.50. The molecule has 1 aromatic carbocycles. The van der Waals surface area contributed by atoms with Gasteiger partial charge in [-0.3, -0.25) is 0 Å². The van der Waals surface area contributed by atoms with Crippen LogP contribution in [0.4, 0.5) is 0 Å². The van der Waals surface area contributed by atoms with Crippen molar-refractivity contribution in [2.75, 3.05) is 0 Å². The van der Waals surface area contributed by atoms with Gasteiger partial charge in [-0.2, -0.15) is 0 Å². The molecule has 0 unspecified atom stereocenters. The van der Waals surface area contributed by atoms with Crippen LogP contribution in [0.25, 0.3) is 10.9 Å². The van der Waals surface area contributed by atoms with Crippen molar-refractivity contribution in [3.8, 4) is 12.3 Å². The quantitative estimate of drug-likeness (QED) is 0.653. The van der Waals surface area contributed by atoms with E-state index in [2.05, 4.69) is 32.0 Å². The van der Waals surface area contributed by atoms with E-state index in [4.69, 9.17) is 6.42 Å². The van der Waals surface area contributed by atoms with Crippen molar-refractivity contribution in [1.29, 1.82) is 0 Å². The average molecular weight is 233 g/mol. The van der Waals surface area contributed by atoms with Gasteiger partial charge in [0.05, 0.1) is 9.99 Å². The Morgan fingerprint density at radius 2 is 2.00 bits per heavy atom. The molecular weight excluding hydrogens is 228 g/mol. The van der Waals surface area contributed by atoms with E-state index in [1.807, 2.05) is 24.3 Å². The zero-order valence-corrected chi connectivity index (χ0v) is 8.25. The maximum Gasteiger partial charge on any atom is 0.150 e. The number of fused-ring (bicyclic) bond motifs is 1. The van der Waals surface area contributed by atoms with Crippen LogP contribution in [0, 0.1) is 12.3 Å². The Morgan fingerprint density at radius 1 is 1.23 bits per heavy atom. The summed E-state index contributed by atoms with van der Waals surface area (Å²) in [6.07, 6.45) is 5.26. The first-order valence-electron chi connectivity index (χ1n) is 3.70. The number of nitrogens with zero attached hydrogens (tertiary/aromatic N) is 2. The second kappa shape index (κ2) is 3.15. The molecule has 3 heteroatoms.